The van der Waals surface area contributed by atoms with E-state index in [0.29, 0.717) is 6.42 Å². The number of aryl methyl sites for hydroxylation is 1. The van der Waals surface area contributed by atoms with Crippen LogP contribution in [0.2, 0.25) is 0 Å². The Hall–Kier alpha value is -3.42. The van der Waals surface area contributed by atoms with E-state index in [1.807, 2.05) is 37.3 Å². The molecule has 0 bridgehead atoms. The summed E-state index contributed by atoms with van der Waals surface area (Å²) >= 11 is 0. The van der Waals surface area contributed by atoms with Gasteiger partial charge in [-0.3, -0.25) is 14.9 Å². The molecule has 1 atom stereocenters. The monoisotopic (exact) mass is 383 g/mol. The molecule has 2 aromatic rings. The molecular formula is C20H21N3O5. The standard InChI is InChI=1S/C20H21N3O5/c1-4-20(16-8-6-5-7-9-16)22(15(3)24)21-19(28-20)13-27-18-11-10-14(2)12-17(18)23(25)26/h5-12H,4,13H2,1-3H3. The lowest BCUT2D eigenvalue weighted by atomic mass is 9.99. The van der Waals surface area contributed by atoms with E-state index in [-0.39, 0.29) is 29.8 Å². The summed E-state index contributed by atoms with van der Waals surface area (Å²) in [5.74, 6) is 0.0165. The van der Waals surface area contributed by atoms with Crippen molar-refractivity contribution in [1.29, 1.82) is 0 Å². The number of benzene rings is 2. The second-order valence-electron chi connectivity index (χ2n) is 6.45. The summed E-state index contributed by atoms with van der Waals surface area (Å²) in [5, 5.41) is 16.8. The number of nitro benzene ring substituents is 1. The second kappa shape index (κ2) is 7.67. The van der Waals surface area contributed by atoms with Crippen LogP contribution in [0, 0.1) is 17.0 Å². The van der Waals surface area contributed by atoms with Gasteiger partial charge in [-0.2, -0.15) is 5.01 Å². The lowest BCUT2D eigenvalue weighted by Gasteiger charge is -2.33. The van der Waals surface area contributed by atoms with Crippen molar-refractivity contribution < 1.29 is 19.2 Å². The number of ether oxygens (including phenoxy) is 2. The minimum Gasteiger partial charge on any atom is -0.477 e. The third-order valence-electron chi connectivity index (χ3n) is 4.50. The van der Waals surface area contributed by atoms with Crippen LogP contribution in [-0.2, 0) is 15.3 Å². The van der Waals surface area contributed by atoms with Gasteiger partial charge in [0.1, 0.15) is 0 Å². The topological polar surface area (TPSA) is 94.3 Å². The van der Waals surface area contributed by atoms with Gasteiger partial charge in [0.05, 0.1) is 4.92 Å². The minimum atomic E-state index is -1.06. The quantitative estimate of drug-likeness (QED) is 0.559. The first-order chi connectivity index (χ1) is 13.4. The largest absolute Gasteiger partial charge is 0.477 e. The van der Waals surface area contributed by atoms with E-state index in [0.717, 1.165) is 11.1 Å². The summed E-state index contributed by atoms with van der Waals surface area (Å²) < 4.78 is 11.7. The fourth-order valence-corrected chi connectivity index (χ4v) is 3.17. The number of rotatable bonds is 6. The van der Waals surface area contributed by atoms with E-state index in [4.69, 9.17) is 9.47 Å². The van der Waals surface area contributed by atoms with Crippen LogP contribution in [0.4, 0.5) is 5.69 Å². The first-order valence-corrected chi connectivity index (χ1v) is 8.88. The lowest BCUT2D eigenvalue weighted by Crippen LogP contribution is -2.43. The zero-order valence-corrected chi connectivity index (χ0v) is 15.9. The highest BCUT2D eigenvalue weighted by Gasteiger charge is 2.47. The Morgan fingerprint density at radius 2 is 2.00 bits per heavy atom. The van der Waals surface area contributed by atoms with Crippen molar-refractivity contribution in [1.82, 2.24) is 5.01 Å². The highest BCUT2D eigenvalue weighted by Crippen LogP contribution is 2.38. The number of hydrogen-bond donors (Lipinski definition) is 0. The van der Waals surface area contributed by atoms with E-state index >= 15 is 0 Å². The number of carbonyl (C=O) groups excluding carboxylic acids is 1. The molecule has 2 aromatic carbocycles. The number of carbonyl (C=O) groups is 1. The van der Waals surface area contributed by atoms with E-state index in [1.165, 1.54) is 24.1 Å². The smallest absolute Gasteiger partial charge is 0.311 e. The van der Waals surface area contributed by atoms with Crippen LogP contribution in [0.1, 0.15) is 31.4 Å². The summed E-state index contributed by atoms with van der Waals surface area (Å²) in [6.07, 6.45) is 0.467. The second-order valence-corrected chi connectivity index (χ2v) is 6.45. The normalized spacial score (nSPS) is 18.4. The van der Waals surface area contributed by atoms with Gasteiger partial charge in [0.25, 0.3) is 0 Å². The molecule has 8 nitrogen and oxygen atoms in total. The molecule has 28 heavy (non-hydrogen) atoms. The van der Waals surface area contributed by atoms with Gasteiger partial charge in [0.15, 0.2) is 12.4 Å². The molecule has 1 unspecified atom stereocenters. The van der Waals surface area contributed by atoms with Crippen molar-refractivity contribution in [3.05, 3.63) is 69.8 Å². The zero-order valence-electron chi connectivity index (χ0n) is 15.9. The van der Waals surface area contributed by atoms with Crippen molar-refractivity contribution >= 4 is 17.5 Å². The van der Waals surface area contributed by atoms with Crippen molar-refractivity contribution in [3.63, 3.8) is 0 Å². The maximum atomic E-state index is 12.2. The number of hydrogen-bond acceptors (Lipinski definition) is 6. The van der Waals surface area contributed by atoms with Crippen LogP contribution in [0.3, 0.4) is 0 Å². The molecule has 1 amide bonds. The van der Waals surface area contributed by atoms with Crippen molar-refractivity contribution in [3.8, 4) is 5.75 Å². The summed E-state index contributed by atoms with van der Waals surface area (Å²) in [6, 6.07) is 14.0. The predicted octanol–water partition coefficient (Wildman–Crippen LogP) is 3.74. The predicted molar refractivity (Wildman–Crippen MR) is 103 cm³/mol. The summed E-state index contributed by atoms with van der Waals surface area (Å²) in [4.78, 5) is 23.0. The molecular weight excluding hydrogens is 362 g/mol. The Labute approximate surface area is 162 Å². The fourth-order valence-electron chi connectivity index (χ4n) is 3.17. The van der Waals surface area contributed by atoms with E-state index in [9.17, 15) is 14.9 Å². The first-order valence-electron chi connectivity index (χ1n) is 8.88. The molecule has 1 aliphatic rings. The Morgan fingerprint density at radius 3 is 2.61 bits per heavy atom. The molecule has 1 heterocycles. The minimum absolute atomic E-state index is 0.116. The van der Waals surface area contributed by atoms with Gasteiger partial charge in [-0.25, -0.2) is 0 Å². The highest BCUT2D eigenvalue weighted by molar-refractivity contribution is 5.84. The summed E-state index contributed by atoms with van der Waals surface area (Å²) in [5.41, 5.74) is 0.343. The number of hydrazone groups is 1. The van der Waals surface area contributed by atoms with Gasteiger partial charge in [-0.05, 0) is 18.6 Å². The molecule has 0 saturated heterocycles. The highest BCUT2D eigenvalue weighted by atomic mass is 16.6. The van der Waals surface area contributed by atoms with Gasteiger partial charge in [-0.15, -0.1) is 5.10 Å². The Bertz CT molecular complexity index is 929. The average molecular weight is 383 g/mol. The molecule has 146 valence electrons. The molecule has 0 spiro atoms. The van der Waals surface area contributed by atoms with Crippen LogP contribution in [0.15, 0.2) is 53.6 Å². The van der Waals surface area contributed by atoms with Crippen molar-refractivity contribution in [2.75, 3.05) is 6.61 Å². The van der Waals surface area contributed by atoms with Gasteiger partial charge < -0.3 is 9.47 Å². The number of nitrogens with zero attached hydrogens (tertiary/aromatic N) is 3. The third-order valence-corrected chi connectivity index (χ3v) is 4.50. The zero-order chi connectivity index (χ0) is 20.3. The lowest BCUT2D eigenvalue weighted by molar-refractivity contribution is -0.385. The average Bonchev–Trinajstić information content (AvgIpc) is 3.08. The first kappa shape index (κ1) is 19.3. The SMILES string of the molecule is CCC1(c2ccccc2)OC(COc2ccc(C)cc2[N+](=O)[O-])=NN1C(C)=O. The Morgan fingerprint density at radius 1 is 1.29 bits per heavy atom. The molecule has 0 radical (unpaired) electrons. The number of amides is 1. The molecule has 0 N–H and O–H groups in total. The van der Waals surface area contributed by atoms with Gasteiger partial charge in [-0.1, -0.05) is 43.3 Å². The van der Waals surface area contributed by atoms with E-state index in [2.05, 4.69) is 5.10 Å². The van der Waals surface area contributed by atoms with Crippen LogP contribution in [0.25, 0.3) is 0 Å². The van der Waals surface area contributed by atoms with E-state index in [1.54, 1.807) is 13.0 Å². The van der Waals surface area contributed by atoms with Crippen molar-refractivity contribution in [2.24, 2.45) is 5.10 Å². The van der Waals surface area contributed by atoms with Gasteiger partial charge in [0.2, 0.25) is 17.5 Å². The van der Waals surface area contributed by atoms with Crippen LogP contribution >= 0.6 is 0 Å². The van der Waals surface area contributed by atoms with Crippen molar-refractivity contribution in [2.45, 2.75) is 32.9 Å². The molecule has 0 saturated carbocycles. The molecule has 1 aliphatic heterocycles. The van der Waals surface area contributed by atoms with Gasteiger partial charge in [0, 0.05) is 25.0 Å². The maximum Gasteiger partial charge on any atom is 0.311 e. The molecule has 3 rings (SSSR count). The summed E-state index contributed by atoms with van der Waals surface area (Å²) in [6.45, 7) is 4.94. The molecule has 8 heteroatoms. The molecule has 0 fully saturated rings. The van der Waals surface area contributed by atoms with Crippen LogP contribution < -0.4 is 4.74 Å². The maximum absolute atomic E-state index is 12.2. The molecule has 0 aliphatic carbocycles. The fraction of sp³-hybridized carbons (Fsp3) is 0.300. The molecule has 0 aromatic heterocycles. The number of nitro groups is 1. The van der Waals surface area contributed by atoms with Crippen LogP contribution in [0.5, 0.6) is 5.75 Å². The van der Waals surface area contributed by atoms with Crippen LogP contribution in [-0.4, -0.2) is 28.3 Å². The Kier molecular flexibility index (Phi) is 5.30. The summed E-state index contributed by atoms with van der Waals surface area (Å²) in [7, 11) is 0. The van der Waals surface area contributed by atoms with E-state index < -0.39 is 10.6 Å². The third kappa shape index (κ3) is 3.53. The Balaban J connectivity index is 1.86. The van der Waals surface area contributed by atoms with Gasteiger partial charge >= 0.3 is 5.69 Å².